The molecule has 3 nitrogen and oxygen atoms in total. The number of benzene rings is 1. The average Bonchev–Trinajstić information content (AvgIpc) is 3.12. The van der Waals surface area contributed by atoms with E-state index >= 15 is 0 Å². The maximum atomic E-state index is 5.43. The number of anilines is 1. The highest BCUT2D eigenvalue weighted by molar-refractivity contribution is 5.58. The number of methoxy groups -OCH3 is 1. The van der Waals surface area contributed by atoms with Crippen molar-refractivity contribution in [3.05, 3.63) is 23.8 Å². The Bertz CT molecular complexity index is 399. The maximum Gasteiger partial charge on any atom is 0.141 e. The van der Waals surface area contributed by atoms with Gasteiger partial charge in [0.25, 0.3) is 0 Å². The van der Waals surface area contributed by atoms with E-state index in [0.717, 1.165) is 23.9 Å². The molecular weight excluding hydrogens is 224 g/mol. The van der Waals surface area contributed by atoms with Gasteiger partial charge in [-0.3, -0.25) is 0 Å². The van der Waals surface area contributed by atoms with Gasteiger partial charge in [-0.1, -0.05) is 6.07 Å². The van der Waals surface area contributed by atoms with E-state index in [9.17, 15) is 0 Å². The number of ether oxygens (including phenoxy) is 1. The van der Waals surface area contributed by atoms with Crippen LogP contribution in [0.1, 0.15) is 25.3 Å². The van der Waals surface area contributed by atoms with Crippen LogP contribution < -0.4 is 10.1 Å². The van der Waals surface area contributed by atoms with Gasteiger partial charge in [0.1, 0.15) is 5.75 Å². The first-order chi connectivity index (χ1) is 8.60. The molecule has 0 amide bonds. The molecule has 1 atom stereocenters. The lowest BCUT2D eigenvalue weighted by Gasteiger charge is -2.19. The highest BCUT2D eigenvalue weighted by Crippen LogP contribution is 2.36. The molecule has 0 radical (unpaired) electrons. The molecule has 1 saturated carbocycles. The van der Waals surface area contributed by atoms with E-state index in [1.807, 2.05) is 0 Å². The monoisotopic (exact) mass is 248 g/mol. The molecule has 18 heavy (non-hydrogen) atoms. The molecule has 100 valence electrons. The standard InChI is InChI=1S/C15H24N2O/c1-11(13-6-7-13)16-14-9-12(10-17(2)3)5-8-15(14)18-4/h5,8-9,11,13,16H,6-7,10H2,1-4H3. The number of nitrogens with one attached hydrogen (secondary N) is 1. The first-order valence-corrected chi connectivity index (χ1v) is 6.68. The third-order valence-corrected chi connectivity index (χ3v) is 3.47. The Hall–Kier alpha value is -1.22. The first kappa shape index (κ1) is 13.2. The fraction of sp³-hybridized carbons (Fsp3) is 0.600. The van der Waals surface area contributed by atoms with Crippen molar-refractivity contribution in [1.29, 1.82) is 0 Å². The fourth-order valence-corrected chi connectivity index (χ4v) is 2.29. The van der Waals surface area contributed by atoms with E-state index in [1.54, 1.807) is 7.11 Å². The lowest BCUT2D eigenvalue weighted by atomic mass is 10.1. The summed E-state index contributed by atoms with van der Waals surface area (Å²) in [7, 11) is 5.90. The number of nitrogens with zero attached hydrogens (tertiary/aromatic N) is 1. The second-order valence-electron chi connectivity index (χ2n) is 5.54. The molecule has 0 spiro atoms. The molecule has 1 fully saturated rings. The Kier molecular flexibility index (Phi) is 4.12. The van der Waals surface area contributed by atoms with Gasteiger partial charge >= 0.3 is 0 Å². The Morgan fingerprint density at radius 2 is 2.11 bits per heavy atom. The van der Waals surface area contributed by atoms with Gasteiger partial charge in [0.05, 0.1) is 12.8 Å². The number of hydrogen-bond donors (Lipinski definition) is 1. The molecule has 2 rings (SSSR count). The lowest BCUT2D eigenvalue weighted by molar-refractivity contribution is 0.400. The summed E-state index contributed by atoms with van der Waals surface area (Å²) >= 11 is 0. The van der Waals surface area contributed by atoms with E-state index < -0.39 is 0 Å². The highest BCUT2D eigenvalue weighted by Gasteiger charge is 2.28. The van der Waals surface area contributed by atoms with Gasteiger partial charge in [-0.25, -0.2) is 0 Å². The van der Waals surface area contributed by atoms with Gasteiger partial charge < -0.3 is 15.0 Å². The fourth-order valence-electron chi connectivity index (χ4n) is 2.29. The van der Waals surface area contributed by atoms with E-state index in [-0.39, 0.29) is 0 Å². The summed E-state index contributed by atoms with van der Waals surface area (Å²) in [5.41, 5.74) is 2.43. The molecule has 1 N–H and O–H groups in total. The highest BCUT2D eigenvalue weighted by atomic mass is 16.5. The third kappa shape index (κ3) is 3.39. The van der Waals surface area contributed by atoms with Crippen LogP contribution in [0, 0.1) is 5.92 Å². The minimum atomic E-state index is 0.536. The summed E-state index contributed by atoms with van der Waals surface area (Å²) in [6, 6.07) is 6.93. The van der Waals surface area contributed by atoms with Crippen molar-refractivity contribution in [1.82, 2.24) is 4.90 Å². The van der Waals surface area contributed by atoms with Gasteiger partial charge in [-0.15, -0.1) is 0 Å². The van der Waals surface area contributed by atoms with Crippen molar-refractivity contribution in [2.45, 2.75) is 32.4 Å². The van der Waals surface area contributed by atoms with Gasteiger partial charge in [0, 0.05) is 12.6 Å². The van der Waals surface area contributed by atoms with Crippen LogP contribution in [0.5, 0.6) is 5.75 Å². The van der Waals surface area contributed by atoms with Crippen LogP contribution in [-0.4, -0.2) is 32.1 Å². The molecule has 3 heteroatoms. The molecular formula is C15H24N2O. The van der Waals surface area contributed by atoms with Crippen molar-refractivity contribution in [3.63, 3.8) is 0 Å². The van der Waals surface area contributed by atoms with Gasteiger partial charge in [-0.2, -0.15) is 0 Å². The summed E-state index contributed by atoms with van der Waals surface area (Å²) in [5.74, 6) is 1.78. The van der Waals surface area contributed by atoms with Crippen molar-refractivity contribution in [3.8, 4) is 5.75 Å². The minimum Gasteiger partial charge on any atom is -0.495 e. The lowest BCUT2D eigenvalue weighted by Crippen LogP contribution is -2.18. The molecule has 0 saturated heterocycles. The maximum absolute atomic E-state index is 5.43. The van der Waals surface area contributed by atoms with Crippen LogP contribution in [-0.2, 0) is 6.54 Å². The van der Waals surface area contributed by atoms with E-state index in [1.165, 1.54) is 18.4 Å². The van der Waals surface area contributed by atoms with Gasteiger partial charge in [0.15, 0.2) is 0 Å². The van der Waals surface area contributed by atoms with Crippen LogP contribution >= 0.6 is 0 Å². The second kappa shape index (κ2) is 5.61. The zero-order chi connectivity index (χ0) is 13.1. The summed E-state index contributed by atoms with van der Waals surface area (Å²) < 4.78 is 5.43. The summed E-state index contributed by atoms with van der Waals surface area (Å²) in [4.78, 5) is 2.18. The van der Waals surface area contributed by atoms with Crippen molar-refractivity contribution in [2.75, 3.05) is 26.5 Å². The Morgan fingerprint density at radius 3 is 2.67 bits per heavy atom. The van der Waals surface area contributed by atoms with Gasteiger partial charge in [-0.05, 0) is 57.5 Å². The first-order valence-electron chi connectivity index (χ1n) is 6.68. The number of rotatable bonds is 6. The Balaban J connectivity index is 2.13. The van der Waals surface area contributed by atoms with E-state index in [2.05, 4.69) is 49.4 Å². The molecule has 1 aliphatic rings. The van der Waals surface area contributed by atoms with Crippen LogP contribution in [0.2, 0.25) is 0 Å². The Morgan fingerprint density at radius 1 is 1.39 bits per heavy atom. The predicted octanol–water partition coefficient (Wildman–Crippen LogP) is 2.97. The second-order valence-corrected chi connectivity index (χ2v) is 5.54. The smallest absolute Gasteiger partial charge is 0.141 e. The van der Waals surface area contributed by atoms with Crippen LogP contribution in [0.3, 0.4) is 0 Å². The molecule has 0 aliphatic heterocycles. The normalized spacial score (nSPS) is 16.7. The molecule has 1 aromatic carbocycles. The summed E-state index contributed by atoms with van der Waals surface area (Å²) in [6.45, 7) is 3.21. The average molecular weight is 248 g/mol. The summed E-state index contributed by atoms with van der Waals surface area (Å²) in [5, 5.41) is 3.59. The van der Waals surface area contributed by atoms with Crippen molar-refractivity contribution in [2.24, 2.45) is 5.92 Å². The molecule has 1 unspecified atom stereocenters. The van der Waals surface area contributed by atoms with E-state index in [0.29, 0.717) is 6.04 Å². The Labute approximate surface area is 110 Å². The molecule has 1 aliphatic carbocycles. The largest absolute Gasteiger partial charge is 0.495 e. The SMILES string of the molecule is COc1ccc(CN(C)C)cc1NC(C)C1CC1. The van der Waals surface area contributed by atoms with Crippen molar-refractivity contribution < 1.29 is 4.74 Å². The van der Waals surface area contributed by atoms with Crippen molar-refractivity contribution >= 4 is 5.69 Å². The zero-order valence-corrected chi connectivity index (χ0v) is 11.9. The molecule has 0 heterocycles. The zero-order valence-electron chi connectivity index (χ0n) is 11.9. The topological polar surface area (TPSA) is 24.5 Å². The quantitative estimate of drug-likeness (QED) is 0.837. The van der Waals surface area contributed by atoms with Gasteiger partial charge in [0.2, 0.25) is 0 Å². The summed E-state index contributed by atoms with van der Waals surface area (Å²) in [6.07, 6.45) is 2.71. The van der Waals surface area contributed by atoms with Crippen LogP contribution in [0.25, 0.3) is 0 Å². The van der Waals surface area contributed by atoms with Crippen LogP contribution in [0.15, 0.2) is 18.2 Å². The molecule has 1 aromatic rings. The van der Waals surface area contributed by atoms with E-state index in [4.69, 9.17) is 4.74 Å². The van der Waals surface area contributed by atoms with Crippen LogP contribution in [0.4, 0.5) is 5.69 Å². The third-order valence-electron chi connectivity index (χ3n) is 3.47. The molecule has 0 aromatic heterocycles. The number of hydrogen-bond acceptors (Lipinski definition) is 3. The molecule has 0 bridgehead atoms. The predicted molar refractivity (Wildman–Crippen MR) is 76.2 cm³/mol. The minimum absolute atomic E-state index is 0.536.